The average molecular weight is 402 g/mol. The zero-order valence-electron chi connectivity index (χ0n) is 16.9. The predicted molar refractivity (Wildman–Crippen MR) is 113 cm³/mol. The van der Waals surface area contributed by atoms with Crippen LogP contribution in [0.3, 0.4) is 0 Å². The Balaban J connectivity index is 1.66. The van der Waals surface area contributed by atoms with Crippen LogP contribution in [0.1, 0.15) is 23.1 Å². The first-order chi connectivity index (χ1) is 14.5. The van der Waals surface area contributed by atoms with Crippen molar-refractivity contribution in [3.63, 3.8) is 0 Å². The Kier molecular flexibility index (Phi) is 5.48. The summed E-state index contributed by atoms with van der Waals surface area (Å²) in [4.78, 5) is 23.7. The molecule has 152 valence electrons. The van der Waals surface area contributed by atoms with Gasteiger partial charge in [0.2, 0.25) is 6.10 Å². The Morgan fingerprint density at radius 2 is 1.97 bits per heavy atom. The van der Waals surface area contributed by atoms with Gasteiger partial charge in [-0.05, 0) is 49.2 Å². The molecule has 6 heteroatoms. The number of benzene rings is 2. The highest BCUT2D eigenvalue weighted by Gasteiger charge is 2.29. The Morgan fingerprint density at radius 1 is 1.17 bits per heavy atom. The molecule has 1 atom stereocenters. The van der Waals surface area contributed by atoms with Gasteiger partial charge in [0.25, 0.3) is 0 Å². The van der Waals surface area contributed by atoms with Gasteiger partial charge in [-0.2, -0.15) is 5.10 Å². The standard InChI is InChI=1S/C24H22N2O4/c1-16-8-9-18(14-17(16)2)23-19(15-26(25-23)20-6-4-3-5-7-20)10-11-22(27)30-21-12-13-29-24(21)28/h3-11,14-15,21H,12-13H2,1-2H3/b11-10+/t21-/m1/s1. The molecule has 0 N–H and O–H groups in total. The monoisotopic (exact) mass is 402 g/mol. The van der Waals surface area contributed by atoms with E-state index in [2.05, 4.69) is 26.0 Å². The van der Waals surface area contributed by atoms with E-state index in [4.69, 9.17) is 14.6 Å². The maximum Gasteiger partial charge on any atom is 0.347 e. The molecule has 2 heterocycles. The highest BCUT2D eigenvalue weighted by molar-refractivity contribution is 5.91. The van der Waals surface area contributed by atoms with Crippen molar-refractivity contribution in [3.05, 3.63) is 77.5 Å². The summed E-state index contributed by atoms with van der Waals surface area (Å²) in [6, 6.07) is 15.9. The van der Waals surface area contributed by atoms with Gasteiger partial charge >= 0.3 is 11.9 Å². The molecule has 3 aromatic rings. The highest BCUT2D eigenvalue weighted by Crippen LogP contribution is 2.27. The molecule has 0 saturated carbocycles. The van der Waals surface area contributed by atoms with E-state index < -0.39 is 18.0 Å². The molecule has 1 aliphatic heterocycles. The van der Waals surface area contributed by atoms with E-state index in [-0.39, 0.29) is 6.61 Å². The van der Waals surface area contributed by atoms with E-state index in [0.29, 0.717) is 6.42 Å². The van der Waals surface area contributed by atoms with Crippen LogP contribution in [0.4, 0.5) is 0 Å². The van der Waals surface area contributed by atoms with Crippen molar-refractivity contribution in [2.75, 3.05) is 6.61 Å². The fourth-order valence-electron chi connectivity index (χ4n) is 3.26. The minimum Gasteiger partial charge on any atom is -0.463 e. The van der Waals surface area contributed by atoms with Crippen LogP contribution < -0.4 is 0 Å². The molecule has 0 unspecified atom stereocenters. The van der Waals surface area contributed by atoms with Crippen molar-refractivity contribution in [1.82, 2.24) is 9.78 Å². The number of ether oxygens (including phenoxy) is 2. The quantitative estimate of drug-likeness (QED) is 0.476. The smallest absolute Gasteiger partial charge is 0.347 e. The van der Waals surface area contributed by atoms with Gasteiger partial charge in [0.1, 0.15) is 0 Å². The number of cyclic esters (lactones) is 1. The molecule has 1 aliphatic rings. The van der Waals surface area contributed by atoms with E-state index in [1.54, 1.807) is 10.8 Å². The number of esters is 2. The number of para-hydroxylation sites is 1. The summed E-state index contributed by atoms with van der Waals surface area (Å²) in [5.74, 6) is -1.08. The van der Waals surface area contributed by atoms with E-state index in [1.807, 2.05) is 42.6 Å². The molecule has 1 aromatic heterocycles. The topological polar surface area (TPSA) is 70.4 Å². The molecule has 1 saturated heterocycles. The summed E-state index contributed by atoms with van der Waals surface area (Å²) in [5, 5.41) is 4.75. The maximum absolute atomic E-state index is 12.2. The number of aryl methyl sites for hydroxylation is 2. The van der Waals surface area contributed by atoms with E-state index >= 15 is 0 Å². The molecule has 1 fully saturated rings. The van der Waals surface area contributed by atoms with Crippen LogP contribution in [0.5, 0.6) is 0 Å². The predicted octanol–water partition coefficient (Wildman–Crippen LogP) is 4.03. The summed E-state index contributed by atoms with van der Waals surface area (Å²) in [7, 11) is 0. The highest BCUT2D eigenvalue weighted by atomic mass is 16.6. The van der Waals surface area contributed by atoms with Crippen molar-refractivity contribution in [2.45, 2.75) is 26.4 Å². The lowest BCUT2D eigenvalue weighted by atomic mass is 10.0. The lowest BCUT2D eigenvalue weighted by Gasteiger charge is -2.05. The SMILES string of the molecule is Cc1ccc(-c2nn(-c3ccccc3)cc2/C=C/C(=O)O[C@@H]2CCOC2=O)cc1C. The molecule has 6 nitrogen and oxygen atoms in total. The van der Waals surface area contributed by atoms with Crippen molar-refractivity contribution < 1.29 is 19.1 Å². The van der Waals surface area contributed by atoms with Crippen LogP contribution in [0.2, 0.25) is 0 Å². The van der Waals surface area contributed by atoms with Crippen LogP contribution in [0, 0.1) is 13.8 Å². The van der Waals surface area contributed by atoms with Crippen molar-refractivity contribution in [2.24, 2.45) is 0 Å². The second-order valence-corrected chi connectivity index (χ2v) is 7.23. The van der Waals surface area contributed by atoms with Gasteiger partial charge in [0, 0.05) is 29.8 Å². The number of hydrogen-bond donors (Lipinski definition) is 0. The largest absolute Gasteiger partial charge is 0.463 e. The fraction of sp³-hybridized carbons (Fsp3) is 0.208. The Labute approximate surface area is 174 Å². The number of rotatable bonds is 5. The van der Waals surface area contributed by atoms with Gasteiger partial charge in [-0.3, -0.25) is 0 Å². The molecule has 0 amide bonds. The van der Waals surface area contributed by atoms with Crippen LogP contribution in [-0.2, 0) is 19.1 Å². The Bertz CT molecular complexity index is 1120. The van der Waals surface area contributed by atoms with Crippen molar-refractivity contribution in [1.29, 1.82) is 0 Å². The van der Waals surface area contributed by atoms with E-state index in [1.165, 1.54) is 11.6 Å². The van der Waals surface area contributed by atoms with Gasteiger partial charge in [0.15, 0.2) is 0 Å². The molecular weight excluding hydrogens is 380 g/mol. The van der Waals surface area contributed by atoms with Gasteiger partial charge < -0.3 is 9.47 Å². The van der Waals surface area contributed by atoms with Crippen molar-refractivity contribution >= 4 is 18.0 Å². The van der Waals surface area contributed by atoms with E-state index in [9.17, 15) is 9.59 Å². The van der Waals surface area contributed by atoms with Gasteiger partial charge in [0.05, 0.1) is 18.0 Å². The first kappa shape index (κ1) is 19.6. The zero-order chi connectivity index (χ0) is 21.1. The second kappa shape index (κ2) is 8.37. The molecular formula is C24H22N2O4. The minimum atomic E-state index is -0.826. The molecule has 0 bridgehead atoms. The molecule has 0 spiro atoms. The number of nitrogens with zero attached hydrogens (tertiary/aromatic N) is 2. The third-order valence-electron chi connectivity index (χ3n) is 5.09. The summed E-state index contributed by atoms with van der Waals surface area (Å²) in [6.07, 6.45) is 4.42. The second-order valence-electron chi connectivity index (χ2n) is 7.23. The van der Waals surface area contributed by atoms with E-state index in [0.717, 1.165) is 28.1 Å². The average Bonchev–Trinajstić information content (AvgIpc) is 3.36. The van der Waals surface area contributed by atoms with Gasteiger partial charge in [-0.1, -0.05) is 30.3 Å². The number of hydrogen-bond acceptors (Lipinski definition) is 5. The zero-order valence-corrected chi connectivity index (χ0v) is 16.9. The lowest BCUT2D eigenvalue weighted by molar-refractivity contribution is -0.156. The van der Waals surface area contributed by atoms with Crippen LogP contribution in [-0.4, -0.2) is 34.4 Å². The number of carbonyl (C=O) groups excluding carboxylic acids is 2. The third kappa shape index (κ3) is 4.17. The van der Waals surface area contributed by atoms with Gasteiger partial charge in [-0.15, -0.1) is 0 Å². The fourth-order valence-corrected chi connectivity index (χ4v) is 3.26. The minimum absolute atomic E-state index is 0.279. The molecule has 4 rings (SSSR count). The Morgan fingerprint density at radius 3 is 2.67 bits per heavy atom. The summed E-state index contributed by atoms with van der Waals surface area (Å²) < 4.78 is 11.8. The van der Waals surface area contributed by atoms with Crippen LogP contribution >= 0.6 is 0 Å². The molecule has 0 aliphatic carbocycles. The first-order valence-electron chi connectivity index (χ1n) is 9.79. The summed E-state index contributed by atoms with van der Waals surface area (Å²) in [5.41, 5.74) is 5.76. The van der Waals surface area contributed by atoms with Crippen LogP contribution in [0.15, 0.2) is 60.8 Å². The molecule has 30 heavy (non-hydrogen) atoms. The molecule has 0 radical (unpaired) electrons. The third-order valence-corrected chi connectivity index (χ3v) is 5.09. The summed E-state index contributed by atoms with van der Waals surface area (Å²) in [6.45, 7) is 4.40. The summed E-state index contributed by atoms with van der Waals surface area (Å²) >= 11 is 0. The Hall–Kier alpha value is -3.67. The molecule has 2 aromatic carbocycles. The lowest BCUT2D eigenvalue weighted by Crippen LogP contribution is -2.21. The van der Waals surface area contributed by atoms with Crippen LogP contribution in [0.25, 0.3) is 23.0 Å². The first-order valence-corrected chi connectivity index (χ1v) is 9.79. The van der Waals surface area contributed by atoms with Crippen molar-refractivity contribution in [3.8, 4) is 16.9 Å². The normalized spacial score (nSPS) is 16.1. The maximum atomic E-state index is 12.2. The number of carbonyl (C=O) groups is 2. The number of aromatic nitrogens is 2. The van der Waals surface area contributed by atoms with Gasteiger partial charge in [-0.25, -0.2) is 14.3 Å².